The fourth-order valence-electron chi connectivity index (χ4n) is 3.94. The van der Waals surface area contributed by atoms with E-state index in [1.807, 2.05) is 42.8 Å². The molecule has 3 heterocycles. The molecule has 29 heavy (non-hydrogen) atoms. The standard InChI is InChI=1S/C22H21FN4O2/c1-13-9-20(24)27-22(26(13)11-15-3-6-17(23)7-4-15)21(14(2)25-27)16-5-8-18-19(10-16)29-12-28-18/h3-10,20H,11-12,24H2,1-2H3. The highest BCUT2D eigenvalue weighted by molar-refractivity contribution is 5.82. The lowest BCUT2D eigenvalue weighted by molar-refractivity contribution is 0.174. The Morgan fingerprint density at radius 1 is 1.10 bits per heavy atom. The van der Waals surface area contributed by atoms with E-state index in [0.717, 1.165) is 45.4 Å². The van der Waals surface area contributed by atoms with Crippen LogP contribution in [0.4, 0.5) is 10.2 Å². The number of allylic oxidation sites excluding steroid dienone is 1. The first kappa shape index (κ1) is 17.8. The van der Waals surface area contributed by atoms with Crippen molar-refractivity contribution in [2.75, 3.05) is 11.7 Å². The minimum atomic E-state index is -0.351. The molecule has 3 aromatic rings. The van der Waals surface area contributed by atoms with E-state index >= 15 is 0 Å². The number of hydrogen-bond donors (Lipinski definition) is 1. The van der Waals surface area contributed by atoms with Gasteiger partial charge in [-0.1, -0.05) is 18.2 Å². The first-order chi connectivity index (χ1) is 14.0. The van der Waals surface area contributed by atoms with E-state index in [2.05, 4.69) is 4.90 Å². The van der Waals surface area contributed by atoms with Gasteiger partial charge in [0.2, 0.25) is 6.79 Å². The summed E-state index contributed by atoms with van der Waals surface area (Å²) in [6.45, 7) is 4.81. The monoisotopic (exact) mass is 392 g/mol. The molecule has 5 rings (SSSR count). The van der Waals surface area contributed by atoms with Crippen molar-refractivity contribution in [2.24, 2.45) is 5.73 Å². The molecule has 0 fully saturated rings. The smallest absolute Gasteiger partial charge is 0.231 e. The Balaban J connectivity index is 1.63. The molecule has 1 aromatic heterocycles. The number of aryl methyl sites for hydroxylation is 1. The molecule has 0 spiro atoms. The van der Waals surface area contributed by atoms with Gasteiger partial charge in [-0.25, -0.2) is 9.07 Å². The van der Waals surface area contributed by atoms with Gasteiger partial charge in [0.15, 0.2) is 11.5 Å². The van der Waals surface area contributed by atoms with E-state index in [-0.39, 0.29) is 18.8 Å². The Labute approximate surface area is 167 Å². The number of anilines is 1. The van der Waals surface area contributed by atoms with Crippen LogP contribution in [-0.2, 0) is 6.54 Å². The van der Waals surface area contributed by atoms with Crippen molar-refractivity contribution in [3.8, 4) is 22.6 Å². The predicted molar refractivity (Wildman–Crippen MR) is 108 cm³/mol. The van der Waals surface area contributed by atoms with E-state index in [4.69, 9.17) is 20.3 Å². The van der Waals surface area contributed by atoms with Gasteiger partial charge in [0.25, 0.3) is 0 Å². The van der Waals surface area contributed by atoms with Crippen LogP contribution in [-0.4, -0.2) is 16.6 Å². The third-order valence-electron chi connectivity index (χ3n) is 5.35. The number of nitrogens with two attached hydrogens (primary N) is 1. The van der Waals surface area contributed by atoms with Crippen LogP contribution in [0.15, 0.2) is 54.2 Å². The lowest BCUT2D eigenvalue weighted by Crippen LogP contribution is -2.33. The number of halogens is 1. The van der Waals surface area contributed by atoms with Crippen LogP contribution in [0.25, 0.3) is 11.1 Å². The molecule has 0 saturated carbocycles. The molecule has 0 aliphatic carbocycles. The number of nitrogens with zero attached hydrogens (tertiary/aromatic N) is 3. The molecular formula is C22H21FN4O2. The minimum Gasteiger partial charge on any atom is -0.454 e. The van der Waals surface area contributed by atoms with Crippen LogP contribution >= 0.6 is 0 Å². The number of aromatic nitrogens is 2. The van der Waals surface area contributed by atoms with Crippen molar-refractivity contribution < 1.29 is 13.9 Å². The summed E-state index contributed by atoms with van der Waals surface area (Å²) in [5.74, 6) is 2.13. The SMILES string of the molecule is CC1=CC(N)n2nc(C)c(-c3ccc4c(c3)OCO4)c2N1Cc1ccc(F)cc1. The first-order valence-electron chi connectivity index (χ1n) is 9.46. The van der Waals surface area contributed by atoms with Crippen molar-refractivity contribution in [1.29, 1.82) is 0 Å². The van der Waals surface area contributed by atoms with Gasteiger partial charge in [-0.3, -0.25) is 0 Å². The average molecular weight is 392 g/mol. The van der Waals surface area contributed by atoms with Gasteiger partial charge in [-0.15, -0.1) is 0 Å². The molecule has 0 bridgehead atoms. The maximum absolute atomic E-state index is 13.4. The van der Waals surface area contributed by atoms with Crippen LogP contribution in [0.2, 0.25) is 0 Å². The highest BCUT2D eigenvalue weighted by Gasteiger charge is 2.30. The van der Waals surface area contributed by atoms with E-state index < -0.39 is 0 Å². The summed E-state index contributed by atoms with van der Waals surface area (Å²) in [5.41, 5.74) is 11.2. The van der Waals surface area contributed by atoms with Crippen LogP contribution in [0.5, 0.6) is 11.5 Å². The van der Waals surface area contributed by atoms with Gasteiger partial charge in [0.1, 0.15) is 17.8 Å². The molecule has 2 aliphatic rings. The summed E-state index contributed by atoms with van der Waals surface area (Å²) >= 11 is 0. The number of hydrogen-bond acceptors (Lipinski definition) is 5. The van der Waals surface area contributed by atoms with E-state index in [9.17, 15) is 4.39 Å². The lowest BCUT2D eigenvalue weighted by Gasteiger charge is -2.33. The summed E-state index contributed by atoms with van der Waals surface area (Å²) in [7, 11) is 0. The van der Waals surface area contributed by atoms with Crippen LogP contribution in [0, 0.1) is 12.7 Å². The molecule has 7 heteroatoms. The molecule has 1 atom stereocenters. The van der Waals surface area contributed by atoms with Crippen molar-refractivity contribution in [3.63, 3.8) is 0 Å². The predicted octanol–water partition coefficient (Wildman–Crippen LogP) is 4.11. The second kappa shape index (κ2) is 6.63. The molecule has 148 valence electrons. The van der Waals surface area contributed by atoms with Crippen molar-refractivity contribution in [1.82, 2.24) is 9.78 Å². The van der Waals surface area contributed by atoms with Crippen molar-refractivity contribution in [3.05, 3.63) is 71.3 Å². The maximum Gasteiger partial charge on any atom is 0.231 e. The number of fused-ring (bicyclic) bond motifs is 2. The van der Waals surface area contributed by atoms with Gasteiger partial charge in [-0.05, 0) is 55.3 Å². The highest BCUT2D eigenvalue weighted by atomic mass is 19.1. The molecule has 0 amide bonds. The van der Waals surface area contributed by atoms with Gasteiger partial charge >= 0.3 is 0 Å². The Morgan fingerprint density at radius 2 is 1.86 bits per heavy atom. The quantitative estimate of drug-likeness (QED) is 0.727. The third kappa shape index (κ3) is 2.94. The zero-order chi connectivity index (χ0) is 20.1. The molecule has 6 nitrogen and oxygen atoms in total. The van der Waals surface area contributed by atoms with Crippen LogP contribution in [0.1, 0.15) is 24.3 Å². The second-order valence-corrected chi connectivity index (χ2v) is 7.31. The van der Waals surface area contributed by atoms with Crippen LogP contribution in [0.3, 0.4) is 0 Å². The molecule has 2 N–H and O–H groups in total. The van der Waals surface area contributed by atoms with Gasteiger partial charge in [0.05, 0.1) is 5.69 Å². The van der Waals surface area contributed by atoms with E-state index in [0.29, 0.717) is 6.54 Å². The number of rotatable bonds is 3. The largest absolute Gasteiger partial charge is 0.454 e. The molecule has 0 saturated heterocycles. The lowest BCUT2D eigenvalue weighted by atomic mass is 10.0. The Bertz CT molecular complexity index is 1120. The van der Waals surface area contributed by atoms with Gasteiger partial charge < -0.3 is 20.1 Å². The van der Waals surface area contributed by atoms with E-state index in [1.54, 1.807) is 12.1 Å². The van der Waals surface area contributed by atoms with Gasteiger partial charge in [0, 0.05) is 17.8 Å². The highest BCUT2D eigenvalue weighted by Crippen LogP contribution is 2.43. The van der Waals surface area contributed by atoms with E-state index in [1.165, 1.54) is 12.1 Å². The zero-order valence-electron chi connectivity index (χ0n) is 16.2. The van der Waals surface area contributed by atoms with Crippen molar-refractivity contribution in [2.45, 2.75) is 26.6 Å². The third-order valence-corrected chi connectivity index (χ3v) is 5.35. The first-order valence-corrected chi connectivity index (χ1v) is 9.46. The molecule has 1 unspecified atom stereocenters. The van der Waals surface area contributed by atoms with Crippen LogP contribution < -0.4 is 20.1 Å². The topological polar surface area (TPSA) is 65.5 Å². The molecular weight excluding hydrogens is 371 g/mol. The summed E-state index contributed by atoms with van der Waals surface area (Å²) in [5, 5.41) is 4.72. The average Bonchev–Trinajstić information content (AvgIpc) is 3.30. The van der Waals surface area contributed by atoms with Crippen molar-refractivity contribution >= 4 is 5.82 Å². The summed E-state index contributed by atoms with van der Waals surface area (Å²) in [6, 6.07) is 12.4. The minimum absolute atomic E-state index is 0.229. The molecule has 2 aromatic carbocycles. The fourth-order valence-corrected chi connectivity index (χ4v) is 3.94. The normalized spacial score (nSPS) is 17.3. The Morgan fingerprint density at radius 3 is 2.66 bits per heavy atom. The number of benzene rings is 2. The maximum atomic E-state index is 13.4. The molecule has 0 radical (unpaired) electrons. The Kier molecular flexibility index (Phi) is 4.06. The summed E-state index contributed by atoms with van der Waals surface area (Å²) in [6.07, 6.45) is 1.63. The van der Waals surface area contributed by atoms with Gasteiger partial charge in [-0.2, -0.15) is 5.10 Å². The Hall–Kier alpha value is -3.32. The molecule has 2 aliphatic heterocycles. The number of ether oxygens (including phenoxy) is 2. The fraction of sp³-hybridized carbons (Fsp3) is 0.227. The zero-order valence-corrected chi connectivity index (χ0v) is 16.2. The summed E-state index contributed by atoms with van der Waals surface area (Å²) < 4.78 is 26.2. The summed E-state index contributed by atoms with van der Waals surface area (Å²) in [4.78, 5) is 2.16. The second-order valence-electron chi connectivity index (χ2n) is 7.31.